The van der Waals surface area contributed by atoms with E-state index in [2.05, 4.69) is 11.1 Å². The average Bonchev–Trinajstić information content (AvgIpc) is 3.07. The van der Waals surface area contributed by atoms with E-state index in [1.807, 2.05) is 50.2 Å². The molecule has 5 nitrogen and oxygen atoms in total. The Kier molecular flexibility index (Phi) is 6.70. The Hall–Kier alpha value is -2.38. The molecule has 0 spiro atoms. The van der Waals surface area contributed by atoms with Gasteiger partial charge in [0.1, 0.15) is 5.01 Å². The molecular weight excluding hydrogens is 392 g/mol. The van der Waals surface area contributed by atoms with Gasteiger partial charge in [-0.2, -0.15) is 0 Å². The molecule has 1 heterocycles. The summed E-state index contributed by atoms with van der Waals surface area (Å²) in [6.45, 7) is 4.19. The molecule has 3 aromatic rings. The van der Waals surface area contributed by atoms with Crippen molar-refractivity contribution in [3.63, 3.8) is 0 Å². The molecule has 0 unspecified atom stereocenters. The maximum atomic E-state index is 12.3. The lowest BCUT2D eigenvalue weighted by Crippen LogP contribution is -2.31. The molecule has 0 aliphatic heterocycles. The monoisotopic (exact) mass is 414 g/mol. The van der Waals surface area contributed by atoms with Crippen LogP contribution in [-0.2, 0) is 20.9 Å². The smallest absolute Gasteiger partial charge is 0.316 e. The first-order valence-electron chi connectivity index (χ1n) is 8.86. The molecule has 0 aliphatic rings. The molecule has 0 radical (unpaired) electrons. The van der Waals surface area contributed by atoms with Crippen molar-refractivity contribution in [2.45, 2.75) is 25.3 Å². The highest BCUT2D eigenvalue weighted by Gasteiger charge is 2.15. The van der Waals surface area contributed by atoms with Crippen molar-refractivity contribution in [2.24, 2.45) is 0 Å². The first-order valence-corrected chi connectivity index (χ1v) is 10.7. The SMILES string of the molecule is Cc1ccc(SCC(=O)OCC(=O)N(C)Cc2nc3ccccc3s2)c(C)c1. The van der Waals surface area contributed by atoms with Crippen LogP contribution in [0.5, 0.6) is 0 Å². The van der Waals surface area contributed by atoms with Gasteiger partial charge in [0.15, 0.2) is 6.61 Å². The summed E-state index contributed by atoms with van der Waals surface area (Å²) in [6, 6.07) is 14.0. The van der Waals surface area contributed by atoms with Gasteiger partial charge in [-0.05, 0) is 37.6 Å². The molecule has 0 fully saturated rings. The largest absolute Gasteiger partial charge is 0.455 e. The van der Waals surface area contributed by atoms with Crippen LogP contribution in [0, 0.1) is 13.8 Å². The van der Waals surface area contributed by atoms with Gasteiger partial charge >= 0.3 is 5.97 Å². The van der Waals surface area contributed by atoms with Gasteiger partial charge in [0, 0.05) is 11.9 Å². The van der Waals surface area contributed by atoms with Crippen LogP contribution in [0.2, 0.25) is 0 Å². The van der Waals surface area contributed by atoms with Crippen LogP contribution in [-0.4, -0.2) is 41.2 Å². The Morgan fingerprint density at radius 2 is 1.96 bits per heavy atom. The number of benzene rings is 2. The summed E-state index contributed by atoms with van der Waals surface area (Å²) in [5, 5.41) is 0.855. The number of esters is 1. The number of amides is 1. The Morgan fingerprint density at radius 3 is 2.71 bits per heavy atom. The summed E-state index contributed by atoms with van der Waals surface area (Å²) in [7, 11) is 1.69. The number of aromatic nitrogens is 1. The summed E-state index contributed by atoms with van der Waals surface area (Å²) in [5.74, 6) is -0.463. The van der Waals surface area contributed by atoms with Crippen molar-refractivity contribution in [3.05, 3.63) is 58.6 Å². The number of rotatable bonds is 7. The minimum absolute atomic E-state index is 0.179. The fourth-order valence-corrected chi connectivity index (χ4v) is 4.50. The third-order valence-electron chi connectivity index (χ3n) is 4.17. The molecule has 0 aliphatic carbocycles. The van der Waals surface area contributed by atoms with Crippen molar-refractivity contribution >= 4 is 45.2 Å². The molecule has 28 heavy (non-hydrogen) atoms. The van der Waals surface area contributed by atoms with Gasteiger partial charge in [0.25, 0.3) is 5.91 Å². The lowest BCUT2D eigenvalue weighted by atomic mass is 10.2. The van der Waals surface area contributed by atoms with E-state index in [1.54, 1.807) is 18.4 Å². The number of thioether (sulfide) groups is 1. The molecule has 0 bridgehead atoms. The van der Waals surface area contributed by atoms with Gasteiger partial charge in [-0.25, -0.2) is 4.98 Å². The van der Waals surface area contributed by atoms with E-state index in [9.17, 15) is 9.59 Å². The van der Waals surface area contributed by atoms with E-state index in [0.717, 1.165) is 25.7 Å². The highest BCUT2D eigenvalue weighted by molar-refractivity contribution is 8.00. The van der Waals surface area contributed by atoms with Gasteiger partial charge in [0.2, 0.25) is 0 Å². The Labute approximate surface area is 172 Å². The lowest BCUT2D eigenvalue weighted by molar-refractivity contribution is -0.149. The average molecular weight is 415 g/mol. The molecule has 0 N–H and O–H groups in total. The normalized spacial score (nSPS) is 10.8. The highest BCUT2D eigenvalue weighted by Crippen LogP contribution is 2.24. The second kappa shape index (κ2) is 9.21. The predicted molar refractivity (Wildman–Crippen MR) is 114 cm³/mol. The third-order valence-corrected chi connectivity index (χ3v) is 6.34. The maximum absolute atomic E-state index is 12.3. The van der Waals surface area contributed by atoms with Crippen molar-refractivity contribution in [3.8, 4) is 0 Å². The Bertz CT molecular complexity index is 967. The van der Waals surface area contributed by atoms with E-state index >= 15 is 0 Å². The van der Waals surface area contributed by atoms with Gasteiger partial charge in [-0.1, -0.05) is 29.8 Å². The first-order chi connectivity index (χ1) is 13.4. The third kappa shape index (κ3) is 5.33. The second-order valence-corrected chi connectivity index (χ2v) is 8.68. The van der Waals surface area contributed by atoms with Crippen LogP contribution in [0.1, 0.15) is 16.1 Å². The number of carbonyl (C=O) groups excluding carboxylic acids is 2. The summed E-state index contributed by atoms with van der Waals surface area (Å²) < 4.78 is 6.23. The van der Waals surface area contributed by atoms with E-state index in [0.29, 0.717) is 6.54 Å². The van der Waals surface area contributed by atoms with Gasteiger partial charge in [-0.15, -0.1) is 23.1 Å². The number of carbonyl (C=O) groups is 2. The zero-order valence-electron chi connectivity index (χ0n) is 16.1. The standard InChI is InChI=1S/C21H22N2O3S2/c1-14-8-9-17(15(2)10-14)27-13-21(25)26-12-20(24)23(3)11-19-22-16-6-4-5-7-18(16)28-19/h4-10H,11-13H2,1-3H3. The molecule has 146 valence electrons. The van der Waals surface area contributed by atoms with Crippen LogP contribution in [0.4, 0.5) is 0 Å². The molecule has 1 aromatic heterocycles. The molecular formula is C21H22N2O3S2. The molecule has 0 atom stereocenters. The van der Waals surface area contributed by atoms with E-state index in [1.165, 1.54) is 22.2 Å². The van der Waals surface area contributed by atoms with Gasteiger partial charge in [-0.3, -0.25) is 9.59 Å². The molecule has 0 saturated heterocycles. The molecule has 7 heteroatoms. The summed E-state index contributed by atoms with van der Waals surface area (Å²) >= 11 is 2.98. The molecule has 2 aromatic carbocycles. The van der Waals surface area contributed by atoms with Crippen molar-refractivity contribution in [2.75, 3.05) is 19.4 Å². The fraction of sp³-hybridized carbons (Fsp3) is 0.286. The van der Waals surface area contributed by atoms with E-state index < -0.39 is 5.97 Å². The first kappa shape index (κ1) is 20.4. The van der Waals surface area contributed by atoms with Crippen molar-refractivity contribution < 1.29 is 14.3 Å². The Morgan fingerprint density at radius 1 is 1.18 bits per heavy atom. The molecule has 1 amide bonds. The summed E-state index contributed by atoms with van der Waals surface area (Å²) in [4.78, 5) is 31.3. The number of hydrogen-bond acceptors (Lipinski definition) is 6. The number of hydrogen-bond donors (Lipinski definition) is 0. The van der Waals surface area contributed by atoms with Crippen LogP contribution in [0.3, 0.4) is 0 Å². The number of fused-ring (bicyclic) bond motifs is 1. The van der Waals surface area contributed by atoms with Crippen molar-refractivity contribution in [1.29, 1.82) is 0 Å². The quantitative estimate of drug-likeness (QED) is 0.428. The summed E-state index contributed by atoms with van der Waals surface area (Å²) in [6.07, 6.45) is 0. The number of para-hydroxylation sites is 1. The second-order valence-electron chi connectivity index (χ2n) is 6.54. The number of likely N-dealkylation sites (N-methyl/N-ethyl adjacent to an activating group) is 1. The Balaban J connectivity index is 1.45. The fourth-order valence-electron chi connectivity index (χ4n) is 2.67. The van der Waals surface area contributed by atoms with Crippen LogP contribution in [0.25, 0.3) is 10.2 Å². The highest BCUT2D eigenvalue weighted by atomic mass is 32.2. The zero-order chi connectivity index (χ0) is 20.1. The van der Waals surface area contributed by atoms with Gasteiger partial charge in [0.05, 0.1) is 22.5 Å². The molecule has 0 saturated carbocycles. The van der Waals surface area contributed by atoms with E-state index in [-0.39, 0.29) is 18.3 Å². The number of nitrogens with zero attached hydrogens (tertiary/aromatic N) is 2. The minimum Gasteiger partial charge on any atom is -0.455 e. The van der Waals surface area contributed by atoms with E-state index in [4.69, 9.17) is 4.74 Å². The van der Waals surface area contributed by atoms with Crippen LogP contribution >= 0.6 is 23.1 Å². The topological polar surface area (TPSA) is 59.5 Å². The van der Waals surface area contributed by atoms with Crippen LogP contribution in [0.15, 0.2) is 47.4 Å². The lowest BCUT2D eigenvalue weighted by Gasteiger charge is -2.15. The zero-order valence-corrected chi connectivity index (χ0v) is 17.7. The minimum atomic E-state index is -0.397. The van der Waals surface area contributed by atoms with Crippen LogP contribution < -0.4 is 0 Å². The number of ether oxygens (including phenoxy) is 1. The number of aryl methyl sites for hydroxylation is 2. The maximum Gasteiger partial charge on any atom is 0.316 e. The van der Waals surface area contributed by atoms with Gasteiger partial charge < -0.3 is 9.64 Å². The summed E-state index contributed by atoms with van der Waals surface area (Å²) in [5.41, 5.74) is 3.24. The molecule has 3 rings (SSSR count). The predicted octanol–water partition coefficient (Wildman–Crippen LogP) is 4.21. The number of thiazole rings is 1. The van der Waals surface area contributed by atoms with Crippen molar-refractivity contribution in [1.82, 2.24) is 9.88 Å².